The van der Waals surface area contributed by atoms with Gasteiger partial charge in [0.15, 0.2) is 23.0 Å². The van der Waals surface area contributed by atoms with Crippen LogP contribution in [0.25, 0.3) is 0 Å². The number of amides is 1. The minimum Gasteiger partial charge on any atom is -0.504 e. The Labute approximate surface area is 245 Å². The third-order valence-electron chi connectivity index (χ3n) is 9.31. The summed E-state index contributed by atoms with van der Waals surface area (Å²) in [5.74, 6) is 1.43. The molecule has 1 fully saturated rings. The molecule has 2 aromatic rings. The SMILES string of the molecule is CCCC(=O)NC[C@H]1c2c(c(OC(C)=O)c(C)c3c2OCO3)CC2[C@H]3c4c(cc(C)c(OC)c4O)C[C@H]([C@H](O)N21)N3C. The normalized spacial score (nSPS) is 25.7. The molecule has 5 atom stereocenters. The second-order valence-corrected chi connectivity index (χ2v) is 11.7. The number of carbonyl (C=O) groups excluding carboxylic acids is 2. The molecule has 11 nitrogen and oxygen atoms in total. The summed E-state index contributed by atoms with van der Waals surface area (Å²) in [6.45, 7) is 7.27. The van der Waals surface area contributed by atoms with E-state index >= 15 is 0 Å². The Morgan fingerprint density at radius 2 is 1.86 bits per heavy atom. The van der Waals surface area contributed by atoms with Crippen LogP contribution in [-0.2, 0) is 22.4 Å². The van der Waals surface area contributed by atoms with Crippen molar-refractivity contribution >= 4 is 11.9 Å². The summed E-state index contributed by atoms with van der Waals surface area (Å²) in [5, 5.41) is 26.7. The van der Waals surface area contributed by atoms with Gasteiger partial charge < -0.3 is 34.5 Å². The zero-order valence-electron chi connectivity index (χ0n) is 24.9. The number of esters is 1. The number of benzene rings is 2. The van der Waals surface area contributed by atoms with E-state index in [1.165, 1.54) is 6.92 Å². The van der Waals surface area contributed by atoms with Crippen LogP contribution in [0.3, 0.4) is 0 Å². The number of methoxy groups -OCH3 is 1. The monoisotopic (exact) mass is 581 g/mol. The van der Waals surface area contributed by atoms with Crippen molar-refractivity contribution in [2.45, 2.75) is 83.8 Å². The number of ether oxygens (including phenoxy) is 4. The number of carbonyl (C=O) groups is 2. The zero-order chi connectivity index (χ0) is 30.0. The average molecular weight is 582 g/mol. The molecule has 0 aromatic heterocycles. The molecular weight excluding hydrogens is 542 g/mol. The number of aromatic hydroxyl groups is 1. The Bertz CT molecular complexity index is 1460. The molecule has 2 bridgehead atoms. The van der Waals surface area contributed by atoms with Crippen molar-refractivity contribution in [3.63, 3.8) is 0 Å². The maximum atomic E-state index is 12.7. The number of likely N-dealkylation sites (N-methyl/N-ethyl adjacent to an activating group) is 1. The largest absolute Gasteiger partial charge is 0.504 e. The molecule has 42 heavy (non-hydrogen) atoms. The highest BCUT2D eigenvalue weighted by Gasteiger charge is 2.56. The summed E-state index contributed by atoms with van der Waals surface area (Å²) in [6, 6.07) is 0.567. The number of hydrogen-bond donors (Lipinski definition) is 3. The number of piperazine rings is 1. The van der Waals surface area contributed by atoms with E-state index in [2.05, 4.69) is 10.2 Å². The van der Waals surface area contributed by atoms with Gasteiger partial charge in [0.05, 0.1) is 25.2 Å². The quantitative estimate of drug-likeness (QED) is 0.346. The standard InChI is InChI=1S/C31H39N3O8/c1-7-8-22(36)32-12-21-24-18(28(42-16(4)35)15(3)29-30(24)41-13-40-29)11-19-25-23-17(9-14(2)27(39-6)26(23)37)10-20(33(25)5)31(38)34(19)21/h9,19-21,25,31,37-38H,7-8,10-13H2,1-6H3,(H,32,36)/t19?,20-,21+,25+,31+/m1/s1. The number of hydrogen-bond acceptors (Lipinski definition) is 10. The number of nitrogens with one attached hydrogen (secondary N) is 1. The van der Waals surface area contributed by atoms with E-state index in [4.69, 9.17) is 18.9 Å². The molecule has 2 aromatic carbocycles. The van der Waals surface area contributed by atoms with Crippen LogP contribution in [0.2, 0.25) is 0 Å². The van der Waals surface area contributed by atoms with Crippen molar-refractivity contribution in [2.75, 3.05) is 27.5 Å². The molecule has 0 radical (unpaired) electrons. The van der Waals surface area contributed by atoms with Crippen molar-refractivity contribution in [2.24, 2.45) is 0 Å². The highest BCUT2D eigenvalue weighted by Crippen LogP contribution is 2.58. The summed E-state index contributed by atoms with van der Waals surface area (Å²) in [5.41, 5.74) is 4.73. The lowest BCUT2D eigenvalue weighted by molar-refractivity contribution is -0.172. The van der Waals surface area contributed by atoms with Crippen LogP contribution in [-0.4, -0.2) is 77.7 Å². The molecule has 6 rings (SSSR count). The first kappa shape index (κ1) is 28.6. The molecule has 3 N–H and O–H groups in total. The molecule has 1 unspecified atom stereocenters. The van der Waals surface area contributed by atoms with Gasteiger partial charge in [0.1, 0.15) is 12.0 Å². The van der Waals surface area contributed by atoms with E-state index in [1.807, 2.05) is 38.8 Å². The summed E-state index contributed by atoms with van der Waals surface area (Å²) >= 11 is 0. The molecule has 0 spiro atoms. The number of phenols is 1. The van der Waals surface area contributed by atoms with Crippen molar-refractivity contribution in [3.8, 4) is 28.7 Å². The van der Waals surface area contributed by atoms with Crippen LogP contribution >= 0.6 is 0 Å². The highest BCUT2D eigenvalue weighted by molar-refractivity contribution is 5.76. The van der Waals surface area contributed by atoms with Gasteiger partial charge in [-0.25, -0.2) is 0 Å². The fraction of sp³-hybridized carbons (Fsp3) is 0.548. The van der Waals surface area contributed by atoms with Gasteiger partial charge in [-0.2, -0.15) is 0 Å². The van der Waals surface area contributed by atoms with Crippen LogP contribution in [0.5, 0.6) is 28.7 Å². The molecule has 4 aliphatic heterocycles. The second kappa shape index (κ2) is 10.6. The Hall–Kier alpha value is -3.54. The van der Waals surface area contributed by atoms with Crippen LogP contribution in [0.1, 0.15) is 72.2 Å². The van der Waals surface area contributed by atoms with Crippen LogP contribution < -0.4 is 24.3 Å². The van der Waals surface area contributed by atoms with Crippen molar-refractivity contribution < 1.29 is 38.7 Å². The Balaban J connectivity index is 1.57. The smallest absolute Gasteiger partial charge is 0.308 e. The van der Waals surface area contributed by atoms with Crippen LogP contribution in [0, 0.1) is 13.8 Å². The number of aryl methyl sites for hydroxylation is 1. The first-order chi connectivity index (χ1) is 20.1. The van der Waals surface area contributed by atoms with E-state index < -0.39 is 18.2 Å². The molecule has 1 amide bonds. The van der Waals surface area contributed by atoms with E-state index in [0.717, 1.165) is 27.8 Å². The van der Waals surface area contributed by atoms with Crippen molar-refractivity contribution in [1.82, 2.24) is 15.1 Å². The lowest BCUT2D eigenvalue weighted by atomic mass is 9.73. The number of phenolic OH excluding ortho intramolecular Hbond substituents is 1. The second-order valence-electron chi connectivity index (χ2n) is 11.7. The maximum Gasteiger partial charge on any atom is 0.308 e. The molecular formula is C31H39N3O8. The molecule has 226 valence electrons. The third-order valence-corrected chi connectivity index (χ3v) is 9.31. The van der Waals surface area contributed by atoms with Gasteiger partial charge in [-0.05, 0) is 51.3 Å². The highest BCUT2D eigenvalue weighted by atomic mass is 16.7. The van der Waals surface area contributed by atoms with Gasteiger partial charge >= 0.3 is 5.97 Å². The number of aliphatic hydroxyl groups excluding tert-OH is 1. The van der Waals surface area contributed by atoms with Gasteiger partial charge in [0, 0.05) is 48.2 Å². The van der Waals surface area contributed by atoms with E-state index in [-0.39, 0.29) is 43.1 Å². The van der Waals surface area contributed by atoms with E-state index in [9.17, 15) is 19.8 Å². The Kier molecular flexibility index (Phi) is 7.23. The minimum absolute atomic E-state index is 0.0153. The maximum absolute atomic E-state index is 12.7. The van der Waals surface area contributed by atoms with Crippen molar-refractivity contribution in [3.05, 3.63) is 39.4 Å². The predicted molar refractivity (Wildman–Crippen MR) is 152 cm³/mol. The summed E-state index contributed by atoms with van der Waals surface area (Å²) in [7, 11) is 3.51. The summed E-state index contributed by atoms with van der Waals surface area (Å²) < 4.78 is 23.3. The van der Waals surface area contributed by atoms with Crippen LogP contribution in [0.4, 0.5) is 0 Å². The molecule has 11 heteroatoms. The molecule has 4 heterocycles. The predicted octanol–water partition coefficient (Wildman–Crippen LogP) is 2.79. The number of rotatable bonds is 6. The fourth-order valence-electron chi connectivity index (χ4n) is 7.65. The third kappa shape index (κ3) is 4.20. The zero-order valence-corrected chi connectivity index (χ0v) is 24.9. The van der Waals surface area contributed by atoms with E-state index in [0.29, 0.717) is 54.2 Å². The van der Waals surface area contributed by atoms with Crippen molar-refractivity contribution in [1.29, 1.82) is 0 Å². The summed E-state index contributed by atoms with van der Waals surface area (Å²) in [6.07, 6.45) is 1.10. The van der Waals surface area contributed by atoms with Gasteiger partial charge in [-0.15, -0.1) is 0 Å². The van der Waals surface area contributed by atoms with Gasteiger partial charge in [-0.3, -0.25) is 19.4 Å². The first-order valence-electron chi connectivity index (χ1n) is 14.6. The Morgan fingerprint density at radius 1 is 1.12 bits per heavy atom. The number of fused-ring (bicyclic) bond motifs is 9. The molecule has 0 saturated carbocycles. The minimum atomic E-state index is -0.897. The van der Waals surface area contributed by atoms with Gasteiger partial charge in [0.2, 0.25) is 12.7 Å². The lowest BCUT2D eigenvalue weighted by Gasteiger charge is -2.60. The molecule has 4 aliphatic rings. The van der Waals surface area contributed by atoms with Gasteiger partial charge in [-0.1, -0.05) is 13.0 Å². The lowest BCUT2D eigenvalue weighted by Crippen LogP contribution is -2.69. The van der Waals surface area contributed by atoms with Gasteiger partial charge in [0.25, 0.3) is 0 Å². The number of nitrogens with zero attached hydrogens (tertiary/aromatic N) is 2. The summed E-state index contributed by atoms with van der Waals surface area (Å²) in [4.78, 5) is 29.2. The number of aliphatic hydroxyl groups is 1. The topological polar surface area (TPSA) is 130 Å². The Morgan fingerprint density at radius 3 is 2.55 bits per heavy atom. The first-order valence-corrected chi connectivity index (χ1v) is 14.6. The molecule has 0 aliphatic carbocycles. The fourth-order valence-corrected chi connectivity index (χ4v) is 7.65. The van der Waals surface area contributed by atoms with E-state index in [1.54, 1.807) is 7.11 Å². The molecule has 1 saturated heterocycles. The average Bonchev–Trinajstić information content (AvgIpc) is 3.43. The van der Waals surface area contributed by atoms with Crippen LogP contribution in [0.15, 0.2) is 6.07 Å².